The van der Waals surface area contributed by atoms with E-state index in [2.05, 4.69) is 15.1 Å². The summed E-state index contributed by atoms with van der Waals surface area (Å²) in [4.78, 5) is 20.5. The van der Waals surface area contributed by atoms with E-state index in [9.17, 15) is 4.79 Å². The van der Waals surface area contributed by atoms with Crippen LogP contribution < -0.4 is 0 Å². The lowest BCUT2D eigenvalue weighted by molar-refractivity contribution is 0.101. The van der Waals surface area contributed by atoms with E-state index in [-0.39, 0.29) is 5.78 Å². The molecule has 0 aliphatic heterocycles. The normalized spacial score (nSPS) is 11.0. The van der Waals surface area contributed by atoms with Crippen molar-refractivity contribution in [3.63, 3.8) is 0 Å². The Bertz CT molecular complexity index is 869. The molecule has 0 spiro atoms. The molecular weight excluding hydrogens is 288 g/mol. The van der Waals surface area contributed by atoms with Gasteiger partial charge in [0.05, 0.1) is 22.0 Å². The number of carbonyl (C=O) groups is 1. The minimum atomic E-state index is -0.0332. The van der Waals surface area contributed by atoms with Gasteiger partial charge >= 0.3 is 0 Å². The summed E-state index contributed by atoms with van der Waals surface area (Å²) in [5.74, 6) is 0.926. The lowest BCUT2D eigenvalue weighted by atomic mass is 10.1. The first-order valence-electron chi connectivity index (χ1n) is 6.49. The molecule has 3 aromatic rings. The molecule has 0 fully saturated rings. The van der Waals surface area contributed by atoms with Crippen LogP contribution in [0.2, 0.25) is 5.02 Å². The van der Waals surface area contributed by atoms with Crippen molar-refractivity contribution in [3.8, 4) is 11.4 Å². The molecule has 2 heterocycles. The van der Waals surface area contributed by atoms with Crippen LogP contribution in [-0.4, -0.2) is 25.4 Å². The van der Waals surface area contributed by atoms with Crippen LogP contribution >= 0.6 is 11.6 Å². The number of benzene rings is 1. The smallest absolute Gasteiger partial charge is 0.253 e. The van der Waals surface area contributed by atoms with Crippen LogP contribution in [0.15, 0.2) is 24.3 Å². The van der Waals surface area contributed by atoms with Crippen LogP contribution in [0.3, 0.4) is 0 Å². The van der Waals surface area contributed by atoms with E-state index in [4.69, 9.17) is 11.6 Å². The summed E-state index contributed by atoms with van der Waals surface area (Å²) in [5.41, 5.74) is 2.71. The van der Waals surface area contributed by atoms with Gasteiger partial charge in [-0.25, -0.2) is 9.50 Å². The van der Waals surface area contributed by atoms with Gasteiger partial charge in [0.1, 0.15) is 0 Å². The maximum Gasteiger partial charge on any atom is 0.253 e. The predicted octanol–water partition coefficient (Wildman–Crippen LogP) is 3.26. The third-order valence-electron chi connectivity index (χ3n) is 3.37. The first kappa shape index (κ1) is 13.7. The number of halogens is 1. The van der Waals surface area contributed by atoms with Crippen molar-refractivity contribution in [2.75, 3.05) is 0 Å². The first-order valence-corrected chi connectivity index (χ1v) is 6.86. The average molecular weight is 301 g/mol. The second-order valence-electron chi connectivity index (χ2n) is 4.84. The van der Waals surface area contributed by atoms with Gasteiger partial charge in [-0.2, -0.15) is 4.98 Å². The van der Waals surface area contributed by atoms with Crippen molar-refractivity contribution >= 4 is 23.2 Å². The van der Waals surface area contributed by atoms with Gasteiger partial charge in [0.15, 0.2) is 11.6 Å². The van der Waals surface area contributed by atoms with Crippen LogP contribution in [0.1, 0.15) is 28.7 Å². The third kappa shape index (κ3) is 2.19. The van der Waals surface area contributed by atoms with Gasteiger partial charge in [-0.15, -0.1) is 5.10 Å². The van der Waals surface area contributed by atoms with E-state index >= 15 is 0 Å². The molecular formula is C15H13ClN4O. The molecule has 0 unspecified atom stereocenters. The van der Waals surface area contributed by atoms with Gasteiger partial charge in [-0.3, -0.25) is 4.79 Å². The zero-order valence-electron chi connectivity index (χ0n) is 11.9. The highest BCUT2D eigenvalue weighted by atomic mass is 35.5. The fraction of sp³-hybridized carbons (Fsp3) is 0.200. The summed E-state index contributed by atoms with van der Waals surface area (Å²) in [6, 6.07) is 7.36. The van der Waals surface area contributed by atoms with Gasteiger partial charge in [0, 0.05) is 5.56 Å². The number of aromatic nitrogens is 4. The number of carbonyl (C=O) groups excluding carboxylic acids is 1. The number of aryl methyl sites for hydroxylation is 2. The minimum Gasteiger partial charge on any atom is -0.294 e. The van der Waals surface area contributed by atoms with Crippen LogP contribution in [-0.2, 0) is 0 Å². The molecule has 0 N–H and O–H groups in total. The van der Waals surface area contributed by atoms with E-state index in [1.807, 2.05) is 25.1 Å². The third-order valence-corrected chi connectivity index (χ3v) is 3.70. The molecule has 21 heavy (non-hydrogen) atoms. The van der Waals surface area contributed by atoms with Gasteiger partial charge in [0.25, 0.3) is 5.78 Å². The lowest BCUT2D eigenvalue weighted by Gasteiger charge is -2.06. The second kappa shape index (κ2) is 4.93. The molecule has 0 atom stereocenters. The molecule has 0 amide bonds. The van der Waals surface area contributed by atoms with Crippen molar-refractivity contribution in [2.45, 2.75) is 20.8 Å². The SMILES string of the molecule is CC(=O)c1c(C)nc2nc(-c3ccccc3Cl)nn2c1C. The fourth-order valence-corrected chi connectivity index (χ4v) is 2.66. The zero-order valence-corrected chi connectivity index (χ0v) is 12.6. The molecule has 106 valence electrons. The molecule has 5 nitrogen and oxygen atoms in total. The number of hydrogen-bond donors (Lipinski definition) is 0. The van der Waals surface area contributed by atoms with Crippen molar-refractivity contribution < 1.29 is 4.79 Å². The monoisotopic (exact) mass is 300 g/mol. The summed E-state index contributed by atoms with van der Waals surface area (Å²) < 4.78 is 1.59. The molecule has 3 rings (SSSR count). The number of hydrogen-bond acceptors (Lipinski definition) is 4. The fourth-order valence-electron chi connectivity index (χ4n) is 2.44. The van der Waals surface area contributed by atoms with Crippen LogP contribution in [0.25, 0.3) is 17.2 Å². The molecule has 0 aliphatic rings. The summed E-state index contributed by atoms with van der Waals surface area (Å²) in [5, 5.41) is 5.01. The van der Waals surface area contributed by atoms with Crippen molar-refractivity contribution in [2.24, 2.45) is 0 Å². The summed E-state index contributed by atoms with van der Waals surface area (Å²) in [6.45, 7) is 5.16. The molecule has 6 heteroatoms. The Morgan fingerprint density at radius 2 is 1.90 bits per heavy atom. The molecule has 0 saturated carbocycles. The summed E-state index contributed by atoms with van der Waals surface area (Å²) in [7, 11) is 0. The van der Waals surface area contributed by atoms with Crippen LogP contribution in [0, 0.1) is 13.8 Å². The lowest BCUT2D eigenvalue weighted by Crippen LogP contribution is -2.09. The Morgan fingerprint density at radius 1 is 1.19 bits per heavy atom. The largest absolute Gasteiger partial charge is 0.294 e. The van der Waals surface area contributed by atoms with E-state index < -0.39 is 0 Å². The van der Waals surface area contributed by atoms with E-state index in [1.165, 1.54) is 6.92 Å². The highest BCUT2D eigenvalue weighted by Gasteiger charge is 2.17. The molecule has 0 saturated heterocycles. The van der Waals surface area contributed by atoms with Crippen molar-refractivity contribution in [1.29, 1.82) is 0 Å². The number of rotatable bonds is 2. The second-order valence-corrected chi connectivity index (χ2v) is 5.25. The van der Waals surface area contributed by atoms with Crippen molar-refractivity contribution in [1.82, 2.24) is 19.6 Å². The molecule has 0 aliphatic carbocycles. The maximum atomic E-state index is 11.7. The van der Waals surface area contributed by atoms with Gasteiger partial charge < -0.3 is 0 Å². The Kier molecular flexibility index (Phi) is 3.22. The average Bonchev–Trinajstić information content (AvgIpc) is 2.82. The topological polar surface area (TPSA) is 60.2 Å². The number of nitrogens with zero attached hydrogens (tertiary/aromatic N) is 4. The molecule has 1 aromatic carbocycles. The Morgan fingerprint density at radius 3 is 2.57 bits per heavy atom. The number of fused-ring (bicyclic) bond motifs is 1. The molecule has 0 bridgehead atoms. The minimum absolute atomic E-state index is 0.0332. The summed E-state index contributed by atoms with van der Waals surface area (Å²) >= 11 is 6.18. The quantitative estimate of drug-likeness (QED) is 0.682. The Hall–Kier alpha value is -2.27. The first-order chi connectivity index (χ1) is 9.99. The Balaban J connectivity index is 2.29. The standard InChI is InChI=1S/C15H13ClN4O/c1-8-13(10(3)21)9(2)20-15(17-8)18-14(19-20)11-6-4-5-7-12(11)16/h4-7H,1-3H3. The van der Waals surface area contributed by atoms with Crippen LogP contribution in [0.4, 0.5) is 0 Å². The van der Waals surface area contributed by atoms with Gasteiger partial charge in [-0.05, 0) is 32.9 Å². The highest BCUT2D eigenvalue weighted by molar-refractivity contribution is 6.33. The maximum absolute atomic E-state index is 11.7. The highest BCUT2D eigenvalue weighted by Crippen LogP contribution is 2.25. The zero-order chi connectivity index (χ0) is 15.1. The number of Topliss-reactive ketones (excluding diaryl/α,β-unsaturated/α-hetero) is 1. The number of ketones is 1. The van der Waals surface area contributed by atoms with Gasteiger partial charge in [0.2, 0.25) is 0 Å². The van der Waals surface area contributed by atoms with Crippen molar-refractivity contribution in [3.05, 3.63) is 46.2 Å². The van der Waals surface area contributed by atoms with Gasteiger partial charge in [-0.1, -0.05) is 23.7 Å². The molecule has 0 radical (unpaired) electrons. The van der Waals surface area contributed by atoms with E-state index in [0.29, 0.717) is 27.9 Å². The molecule has 2 aromatic heterocycles. The van der Waals surface area contributed by atoms with Crippen LogP contribution in [0.5, 0.6) is 0 Å². The van der Waals surface area contributed by atoms with E-state index in [1.54, 1.807) is 17.5 Å². The van der Waals surface area contributed by atoms with E-state index in [0.717, 1.165) is 11.3 Å². The summed E-state index contributed by atoms with van der Waals surface area (Å²) in [6.07, 6.45) is 0. The Labute approximate surface area is 126 Å². The predicted molar refractivity (Wildman–Crippen MR) is 80.7 cm³/mol.